The molecule has 170 valence electrons. The quantitative estimate of drug-likeness (QED) is 0.381. The van der Waals surface area contributed by atoms with E-state index in [2.05, 4.69) is 70.5 Å². The van der Waals surface area contributed by atoms with Crippen molar-refractivity contribution in [3.05, 3.63) is 71.8 Å². The maximum absolute atomic E-state index is 4.88. The van der Waals surface area contributed by atoms with Gasteiger partial charge in [0.1, 0.15) is 0 Å². The maximum Gasteiger partial charge on any atom is 0.0715 e. The van der Waals surface area contributed by atoms with Crippen LogP contribution in [-0.2, 0) is 0 Å². The standard InChI is InChI=1S/C28H38N4/c1-5-13-25(14-6-1)27(17-23-31-19-9-3-10-20-31)29-30-28(26-15-7-2-8-16-26)18-24-32-21-11-4-12-22-32/h1-2,5-8,13-16H,3-4,9-12,17-24H2/b29-27-,30-28+. The summed E-state index contributed by atoms with van der Waals surface area (Å²) in [5.41, 5.74) is 4.58. The highest BCUT2D eigenvalue weighted by Gasteiger charge is 2.14. The van der Waals surface area contributed by atoms with Gasteiger partial charge in [-0.05, 0) is 63.0 Å². The van der Waals surface area contributed by atoms with E-state index >= 15 is 0 Å². The Morgan fingerprint density at radius 1 is 0.531 bits per heavy atom. The second kappa shape index (κ2) is 12.7. The van der Waals surface area contributed by atoms with E-state index in [1.807, 2.05) is 0 Å². The zero-order valence-corrected chi connectivity index (χ0v) is 19.5. The lowest BCUT2D eigenvalue weighted by molar-refractivity contribution is 0.235. The van der Waals surface area contributed by atoms with Crippen LogP contribution in [-0.4, -0.2) is 60.5 Å². The summed E-state index contributed by atoms with van der Waals surface area (Å²) in [7, 11) is 0. The number of piperidine rings is 2. The molecule has 4 heteroatoms. The van der Waals surface area contributed by atoms with Crippen LogP contribution in [0.1, 0.15) is 62.5 Å². The van der Waals surface area contributed by atoms with Crippen molar-refractivity contribution in [1.82, 2.24) is 9.80 Å². The third-order valence-corrected chi connectivity index (χ3v) is 6.73. The van der Waals surface area contributed by atoms with Crippen LogP contribution in [0.4, 0.5) is 0 Å². The number of likely N-dealkylation sites (tertiary alicyclic amines) is 2. The fourth-order valence-electron chi connectivity index (χ4n) is 4.78. The van der Waals surface area contributed by atoms with Gasteiger partial charge < -0.3 is 9.80 Å². The van der Waals surface area contributed by atoms with E-state index in [0.29, 0.717) is 0 Å². The summed E-state index contributed by atoms with van der Waals surface area (Å²) in [6.45, 7) is 7.01. The number of rotatable bonds is 9. The Labute approximate surface area is 194 Å². The van der Waals surface area contributed by atoms with Crippen LogP contribution in [0.3, 0.4) is 0 Å². The molecule has 0 radical (unpaired) electrons. The van der Waals surface area contributed by atoms with Crippen molar-refractivity contribution < 1.29 is 0 Å². The fraction of sp³-hybridized carbons (Fsp3) is 0.500. The van der Waals surface area contributed by atoms with Crippen molar-refractivity contribution in [2.24, 2.45) is 10.2 Å². The predicted molar refractivity (Wildman–Crippen MR) is 136 cm³/mol. The van der Waals surface area contributed by atoms with E-state index < -0.39 is 0 Å². The van der Waals surface area contributed by atoms with Crippen LogP contribution in [0, 0.1) is 0 Å². The largest absolute Gasteiger partial charge is 0.303 e. The Hall–Kier alpha value is -2.30. The van der Waals surface area contributed by atoms with Gasteiger partial charge in [-0.1, -0.05) is 73.5 Å². The summed E-state index contributed by atoms with van der Waals surface area (Å²) in [5.74, 6) is 0. The highest BCUT2D eigenvalue weighted by molar-refractivity contribution is 6.03. The van der Waals surface area contributed by atoms with Crippen LogP contribution in [0.5, 0.6) is 0 Å². The lowest BCUT2D eigenvalue weighted by Crippen LogP contribution is -2.32. The molecule has 2 fully saturated rings. The van der Waals surface area contributed by atoms with E-state index in [1.165, 1.54) is 75.8 Å². The van der Waals surface area contributed by atoms with Crippen molar-refractivity contribution in [2.75, 3.05) is 39.3 Å². The predicted octanol–water partition coefficient (Wildman–Crippen LogP) is 5.63. The molecule has 4 rings (SSSR count). The van der Waals surface area contributed by atoms with Gasteiger partial charge >= 0.3 is 0 Å². The van der Waals surface area contributed by atoms with Gasteiger partial charge in [0.25, 0.3) is 0 Å². The molecule has 2 saturated heterocycles. The fourth-order valence-corrected chi connectivity index (χ4v) is 4.78. The first-order valence-electron chi connectivity index (χ1n) is 12.6. The van der Waals surface area contributed by atoms with Gasteiger partial charge in [-0.15, -0.1) is 0 Å². The van der Waals surface area contributed by atoms with Crippen molar-refractivity contribution in [3.63, 3.8) is 0 Å². The Bertz CT molecular complexity index is 774. The van der Waals surface area contributed by atoms with Crippen LogP contribution in [0.2, 0.25) is 0 Å². The van der Waals surface area contributed by atoms with Gasteiger partial charge in [0, 0.05) is 25.9 Å². The molecule has 0 aromatic heterocycles. The van der Waals surface area contributed by atoms with E-state index in [0.717, 1.165) is 37.4 Å². The molecule has 0 spiro atoms. The molecule has 32 heavy (non-hydrogen) atoms. The average Bonchev–Trinajstić information content (AvgIpc) is 2.88. The first-order chi connectivity index (χ1) is 15.9. The second-order valence-electron chi connectivity index (χ2n) is 9.13. The normalized spacial score (nSPS) is 19.2. The molecule has 2 aliphatic heterocycles. The minimum absolute atomic E-state index is 0.946. The van der Waals surface area contributed by atoms with E-state index in [4.69, 9.17) is 10.2 Å². The summed E-state index contributed by atoms with van der Waals surface area (Å²) in [4.78, 5) is 5.17. The Morgan fingerprint density at radius 3 is 1.28 bits per heavy atom. The van der Waals surface area contributed by atoms with Gasteiger partial charge in [0.2, 0.25) is 0 Å². The molecule has 0 amide bonds. The zero-order valence-electron chi connectivity index (χ0n) is 19.5. The summed E-state index contributed by atoms with van der Waals surface area (Å²) < 4.78 is 0. The zero-order chi connectivity index (χ0) is 21.8. The van der Waals surface area contributed by atoms with Crippen molar-refractivity contribution >= 4 is 11.4 Å². The molecule has 0 saturated carbocycles. The molecule has 2 aliphatic rings. The number of hydrogen-bond donors (Lipinski definition) is 0. The first-order valence-corrected chi connectivity index (χ1v) is 12.6. The van der Waals surface area contributed by atoms with Gasteiger partial charge in [0.15, 0.2) is 0 Å². The van der Waals surface area contributed by atoms with Gasteiger partial charge in [-0.25, -0.2) is 0 Å². The molecule has 0 atom stereocenters. The Morgan fingerprint density at radius 2 is 0.906 bits per heavy atom. The first kappa shape index (κ1) is 22.9. The van der Waals surface area contributed by atoms with E-state index in [1.54, 1.807) is 0 Å². The molecule has 2 heterocycles. The highest BCUT2D eigenvalue weighted by Crippen LogP contribution is 2.14. The monoisotopic (exact) mass is 430 g/mol. The summed E-state index contributed by atoms with van der Waals surface area (Å²) in [5, 5.41) is 9.76. The minimum Gasteiger partial charge on any atom is -0.303 e. The molecule has 0 bridgehead atoms. The van der Waals surface area contributed by atoms with Crippen LogP contribution in [0.15, 0.2) is 70.9 Å². The average molecular weight is 431 g/mol. The molecular formula is C28H38N4. The van der Waals surface area contributed by atoms with E-state index in [-0.39, 0.29) is 0 Å². The molecule has 0 unspecified atom stereocenters. The number of hydrogen-bond acceptors (Lipinski definition) is 4. The molecular weight excluding hydrogens is 392 g/mol. The van der Waals surface area contributed by atoms with Crippen molar-refractivity contribution in [1.29, 1.82) is 0 Å². The minimum atomic E-state index is 0.946. The lowest BCUT2D eigenvalue weighted by Gasteiger charge is -2.26. The van der Waals surface area contributed by atoms with Crippen molar-refractivity contribution in [3.8, 4) is 0 Å². The third-order valence-electron chi connectivity index (χ3n) is 6.73. The third kappa shape index (κ3) is 7.11. The Balaban J connectivity index is 1.52. The molecule has 0 aliphatic carbocycles. The maximum atomic E-state index is 4.88. The Kier molecular flexibility index (Phi) is 9.05. The number of benzene rings is 2. The van der Waals surface area contributed by atoms with Crippen LogP contribution in [0.25, 0.3) is 0 Å². The number of nitrogens with zero attached hydrogens (tertiary/aromatic N) is 4. The topological polar surface area (TPSA) is 31.2 Å². The highest BCUT2D eigenvalue weighted by atomic mass is 15.2. The van der Waals surface area contributed by atoms with E-state index in [9.17, 15) is 0 Å². The smallest absolute Gasteiger partial charge is 0.0715 e. The second-order valence-corrected chi connectivity index (χ2v) is 9.13. The molecule has 2 aromatic carbocycles. The molecule has 2 aromatic rings. The lowest BCUT2D eigenvalue weighted by atomic mass is 10.1. The van der Waals surface area contributed by atoms with Gasteiger partial charge in [-0.2, -0.15) is 10.2 Å². The van der Waals surface area contributed by atoms with Crippen LogP contribution >= 0.6 is 0 Å². The molecule has 4 nitrogen and oxygen atoms in total. The summed E-state index contributed by atoms with van der Waals surface area (Å²) >= 11 is 0. The SMILES string of the molecule is c1ccc(/C(CCN2CCCCC2)=N\N=C(/CCN2CCCCC2)c2ccccc2)cc1. The van der Waals surface area contributed by atoms with Crippen molar-refractivity contribution in [2.45, 2.75) is 51.4 Å². The van der Waals surface area contributed by atoms with Gasteiger partial charge in [0.05, 0.1) is 11.4 Å². The molecule has 0 N–H and O–H groups in total. The van der Waals surface area contributed by atoms with Crippen LogP contribution < -0.4 is 0 Å². The van der Waals surface area contributed by atoms with Gasteiger partial charge in [-0.3, -0.25) is 0 Å². The summed E-state index contributed by atoms with van der Waals surface area (Å²) in [6.07, 6.45) is 9.93. The summed E-state index contributed by atoms with van der Waals surface area (Å²) in [6, 6.07) is 21.2.